The van der Waals surface area contributed by atoms with Crippen molar-refractivity contribution in [3.05, 3.63) is 53.8 Å². The van der Waals surface area contributed by atoms with Crippen LogP contribution in [-0.2, 0) is 19.6 Å². The van der Waals surface area contributed by atoms with E-state index in [0.717, 1.165) is 12.1 Å². The number of amides is 1. The van der Waals surface area contributed by atoms with E-state index in [2.05, 4.69) is 14.8 Å². The number of carbonyl (C=O) groups is 2. The highest BCUT2D eigenvalue weighted by atomic mass is 32.2. The van der Waals surface area contributed by atoms with Crippen LogP contribution in [0.3, 0.4) is 0 Å². The first-order chi connectivity index (χ1) is 11.7. The maximum Gasteiger partial charge on any atom is 0.337 e. The topological polar surface area (TPSA) is 102 Å². The van der Waals surface area contributed by atoms with Crippen LogP contribution >= 0.6 is 0 Å². The molecule has 0 spiro atoms. The van der Waals surface area contributed by atoms with Crippen molar-refractivity contribution in [1.29, 1.82) is 0 Å². The molecule has 0 aliphatic carbocycles. The molecule has 9 heteroatoms. The van der Waals surface area contributed by atoms with Crippen molar-refractivity contribution in [3.63, 3.8) is 0 Å². The van der Waals surface area contributed by atoms with Crippen LogP contribution in [0.4, 0.5) is 15.8 Å². The van der Waals surface area contributed by atoms with E-state index in [0.29, 0.717) is 0 Å². The van der Waals surface area contributed by atoms with Crippen LogP contribution in [0, 0.1) is 5.82 Å². The Balaban J connectivity index is 2.26. The molecule has 0 aromatic heterocycles. The third-order valence-corrected chi connectivity index (χ3v) is 4.51. The number of methoxy groups -OCH3 is 1. The molecule has 7 nitrogen and oxygen atoms in total. The molecule has 0 fully saturated rings. The smallest absolute Gasteiger partial charge is 0.337 e. The van der Waals surface area contributed by atoms with Gasteiger partial charge in [-0.05, 0) is 42.5 Å². The summed E-state index contributed by atoms with van der Waals surface area (Å²) < 4.78 is 45.1. The quantitative estimate of drug-likeness (QED) is 0.791. The third kappa shape index (κ3) is 4.54. The second-order valence-electron chi connectivity index (χ2n) is 5.00. The molecule has 25 heavy (non-hydrogen) atoms. The van der Waals surface area contributed by atoms with E-state index >= 15 is 0 Å². The van der Waals surface area contributed by atoms with Gasteiger partial charge in [-0.3, -0.25) is 9.52 Å². The molecule has 132 valence electrons. The van der Waals surface area contributed by atoms with E-state index in [1.807, 2.05) is 0 Å². The van der Waals surface area contributed by atoms with Crippen molar-refractivity contribution in [2.24, 2.45) is 0 Å². The summed E-state index contributed by atoms with van der Waals surface area (Å²) in [6.45, 7) is 1.21. The lowest BCUT2D eigenvalue weighted by Crippen LogP contribution is -2.14. The third-order valence-electron chi connectivity index (χ3n) is 3.11. The van der Waals surface area contributed by atoms with Crippen molar-refractivity contribution in [2.75, 3.05) is 17.1 Å². The number of halogens is 1. The van der Waals surface area contributed by atoms with Gasteiger partial charge >= 0.3 is 5.97 Å². The second kappa shape index (κ2) is 7.31. The number of benzene rings is 2. The Morgan fingerprint density at radius 2 is 1.72 bits per heavy atom. The lowest BCUT2D eigenvalue weighted by atomic mass is 10.2. The number of sulfonamides is 1. The van der Waals surface area contributed by atoms with Crippen LogP contribution in [0.15, 0.2) is 47.4 Å². The molecule has 2 N–H and O–H groups in total. The molecule has 0 unspecified atom stereocenters. The van der Waals surface area contributed by atoms with E-state index in [9.17, 15) is 22.4 Å². The number of hydrogen-bond donors (Lipinski definition) is 2. The average Bonchev–Trinajstić information content (AvgIpc) is 2.56. The summed E-state index contributed by atoms with van der Waals surface area (Å²) in [5.41, 5.74) is 0.132. The summed E-state index contributed by atoms with van der Waals surface area (Å²) in [4.78, 5) is 22.3. The van der Waals surface area contributed by atoms with Crippen molar-refractivity contribution >= 4 is 33.3 Å². The van der Waals surface area contributed by atoms with Crippen molar-refractivity contribution in [2.45, 2.75) is 11.8 Å². The molecule has 2 rings (SSSR count). The fourth-order valence-corrected chi connectivity index (χ4v) is 3.03. The number of esters is 1. The van der Waals surface area contributed by atoms with Gasteiger partial charge in [-0.1, -0.05) is 0 Å². The zero-order valence-electron chi connectivity index (χ0n) is 13.4. The van der Waals surface area contributed by atoms with E-state index < -0.39 is 27.7 Å². The molecule has 2 aromatic rings. The Labute approximate surface area is 143 Å². The summed E-state index contributed by atoms with van der Waals surface area (Å²) in [6, 6.07) is 8.53. The van der Waals surface area contributed by atoms with Crippen molar-refractivity contribution in [3.8, 4) is 0 Å². The molecule has 0 atom stereocenters. The number of hydrogen-bond acceptors (Lipinski definition) is 5. The number of carbonyl (C=O) groups excluding carboxylic acids is 2. The second-order valence-corrected chi connectivity index (χ2v) is 6.68. The minimum absolute atomic E-state index is 0.0715. The molecule has 0 aliphatic rings. The molecule has 0 saturated carbocycles. The maximum absolute atomic E-state index is 13.6. The van der Waals surface area contributed by atoms with E-state index in [1.54, 1.807) is 0 Å². The molecule has 0 aliphatic heterocycles. The van der Waals surface area contributed by atoms with Crippen molar-refractivity contribution in [1.82, 2.24) is 0 Å². The standard InChI is InChI=1S/C16H15FN2O5S/c1-10(20)18-15-9-12(5-8-14(15)17)19-25(22,23)13-6-3-11(4-7-13)16(21)24-2/h3-9,19H,1-2H3,(H,18,20). The molecule has 0 bridgehead atoms. The van der Waals surface area contributed by atoms with Gasteiger partial charge in [0.2, 0.25) is 5.91 Å². The van der Waals surface area contributed by atoms with Gasteiger partial charge in [0, 0.05) is 6.92 Å². The van der Waals surface area contributed by atoms with Gasteiger partial charge in [0.05, 0.1) is 28.9 Å². The van der Waals surface area contributed by atoms with Gasteiger partial charge in [0.25, 0.3) is 10.0 Å². The average molecular weight is 366 g/mol. The predicted molar refractivity (Wildman–Crippen MR) is 89.3 cm³/mol. The summed E-state index contributed by atoms with van der Waals surface area (Å²) >= 11 is 0. The molecule has 1 amide bonds. The highest BCUT2D eigenvalue weighted by Crippen LogP contribution is 2.22. The fourth-order valence-electron chi connectivity index (χ4n) is 1.98. The lowest BCUT2D eigenvalue weighted by molar-refractivity contribution is -0.114. The number of nitrogens with one attached hydrogen (secondary N) is 2. The molecule has 2 aromatic carbocycles. The lowest BCUT2D eigenvalue weighted by Gasteiger charge is -2.11. The fraction of sp³-hybridized carbons (Fsp3) is 0.125. The van der Waals surface area contributed by atoms with Gasteiger partial charge < -0.3 is 10.1 Å². The van der Waals surface area contributed by atoms with Crippen LogP contribution < -0.4 is 10.0 Å². The van der Waals surface area contributed by atoms with Crippen LogP contribution in [0.5, 0.6) is 0 Å². The minimum atomic E-state index is -3.96. The Kier molecular flexibility index (Phi) is 5.38. The Bertz CT molecular complexity index is 911. The monoisotopic (exact) mass is 366 g/mol. The van der Waals surface area contributed by atoms with Gasteiger partial charge in [-0.15, -0.1) is 0 Å². The number of anilines is 2. The minimum Gasteiger partial charge on any atom is -0.465 e. The van der Waals surface area contributed by atoms with Crippen LogP contribution in [-0.4, -0.2) is 27.4 Å². The van der Waals surface area contributed by atoms with Gasteiger partial charge in [0.1, 0.15) is 5.82 Å². The number of ether oxygens (including phenoxy) is 1. The Morgan fingerprint density at radius 3 is 2.28 bits per heavy atom. The highest BCUT2D eigenvalue weighted by molar-refractivity contribution is 7.92. The van der Waals surface area contributed by atoms with Crippen molar-refractivity contribution < 1.29 is 27.1 Å². The summed E-state index contributed by atoms with van der Waals surface area (Å²) in [6.07, 6.45) is 0. The maximum atomic E-state index is 13.6. The SMILES string of the molecule is COC(=O)c1ccc(S(=O)(=O)Nc2ccc(F)c(NC(C)=O)c2)cc1. The highest BCUT2D eigenvalue weighted by Gasteiger charge is 2.16. The summed E-state index contributed by atoms with van der Waals surface area (Å²) in [7, 11) is -2.74. The van der Waals surface area contributed by atoms with Gasteiger partial charge in [-0.25, -0.2) is 17.6 Å². The largest absolute Gasteiger partial charge is 0.465 e. The first-order valence-corrected chi connectivity index (χ1v) is 8.49. The Hall–Kier alpha value is -2.94. The molecule has 0 saturated heterocycles. The van der Waals surface area contributed by atoms with Gasteiger partial charge in [-0.2, -0.15) is 0 Å². The molecular weight excluding hydrogens is 351 g/mol. The molecular formula is C16H15FN2O5S. The normalized spacial score (nSPS) is 10.8. The zero-order valence-corrected chi connectivity index (χ0v) is 14.2. The first kappa shape index (κ1) is 18.4. The summed E-state index contributed by atoms with van der Waals surface area (Å²) in [5, 5.41) is 2.27. The van der Waals surface area contributed by atoms with Crippen LogP contribution in [0.1, 0.15) is 17.3 Å². The molecule has 0 radical (unpaired) electrons. The van der Waals surface area contributed by atoms with E-state index in [1.165, 1.54) is 44.4 Å². The van der Waals surface area contributed by atoms with Crippen LogP contribution in [0.2, 0.25) is 0 Å². The first-order valence-electron chi connectivity index (χ1n) is 7.01. The predicted octanol–water partition coefficient (Wildman–Crippen LogP) is 2.37. The molecule has 0 heterocycles. The van der Waals surface area contributed by atoms with Crippen LogP contribution in [0.25, 0.3) is 0 Å². The Morgan fingerprint density at radius 1 is 1.08 bits per heavy atom. The zero-order chi connectivity index (χ0) is 18.6. The number of rotatable bonds is 5. The van der Waals surface area contributed by atoms with E-state index in [4.69, 9.17) is 0 Å². The van der Waals surface area contributed by atoms with E-state index in [-0.39, 0.29) is 21.8 Å². The summed E-state index contributed by atoms with van der Waals surface area (Å²) in [5.74, 6) is -1.77. The van der Waals surface area contributed by atoms with Gasteiger partial charge in [0.15, 0.2) is 0 Å².